The van der Waals surface area contributed by atoms with Gasteiger partial charge >= 0.3 is 0 Å². The predicted octanol–water partition coefficient (Wildman–Crippen LogP) is 16.9. The summed E-state index contributed by atoms with van der Waals surface area (Å²) < 4.78 is 2.52. The van der Waals surface area contributed by atoms with E-state index in [0.29, 0.717) is 0 Å². The summed E-state index contributed by atoms with van der Waals surface area (Å²) in [4.78, 5) is 2.45. The average Bonchev–Trinajstić information content (AvgIpc) is 4.12. The van der Waals surface area contributed by atoms with Crippen molar-refractivity contribution in [1.29, 1.82) is 0 Å². The molecule has 324 valence electrons. The number of hydrogen-bond donors (Lipinski definition) is 0. The van der Waals surface area contributed by atoms with Gasteiger partial charge in [-0.2, -0.15) is 0 Å². The van der Waals surface area contributed by atoms with Crippen LogP contribution >= 0.6 is 0 Å². The number of para-hydroxylation sites is 4. The molecule has 0 N–H and O–H groups in total. The summed E-state index contributed by atoms with van der Waals surface area (Å²) in [7, 11) is 0. The molecular formula is C68H42N2. The highest BCUT2D eigenvalue weighted by molar-refractivity contribution is 6.13. The first kappa shape index (κ1) is 38.0. The Morgan fingerprint density at radius 1 is 0.271 bits per heavy atom. The van der Waals surface area contributed by atoms with E-state index in [-0.39, 0.29) is 0 Å². The van der Waals surface area contributed by atoms with Crippen LogP contribution in [0.4, 0.5) is 17.1 Å². The maximum absolute atomic E-state index is 2.52. The van der Waals surface area contributed by atoms with Crippen molar-refractivity contribution in [2.45, 2.75) is 10.8 Å². The number of rotatable bonds is 4. The van der Waals surface area contributed by atoms with Crippen molar-refractivity contribution in [2.24, 2.45) is 0 Å². The summed E-state index contributed by atoms with van der Waals surface area (Å²) in [6, 6.07) is 95.9. The third kappa shape index (κ3) is 4.64. The highest BCUT2D eigenvalue weighted by atomic mass is 15.1. The number of nitrogens with zero attached hydrogens (tertiary/aromatic N) is 2. The molecule has 4 aliphatic rings. The number of hydrogen-bond acceptors (Lipinski definition) is 1. The van der Waals surface area contributed by atoms with E-state index < -0.39 is 10.8 Å². The van der Waals surface area contributed by atoms with E-state index in [1.54, 1.807) is 0 Å². The van der Waals surface area contributed by atoms with Crippen LogP contribution in [0, 0.1) is 0 Å². The molecule has 1 unspecified atom stereocenters. The van der Waals surface area contributed by atoms with Gasteiger partial charge in [0, 0.05) is 27.8 Å². The Hall–Kier alpha value is -8.98. The van der Waals surface area contributed by atoms with E-state index in [1.165, 1.54) is 117 Å². The van der Waals surface area contributed by atoms with Gasteiger partial charge in [-0.1, -0.05) is 200 Å². The Bertz CT molecular complexity index is 4150. The van der Waals surface area contributed by atoms with Gasteiger partial charge in [0.1, 0.15) is 0 Å². The van der Waals surface area contributed by atoms with Crippen LogP contribution in [0.1, 0.15) is 44.5 Å². The molecule has 0 radical (unpaired) electrons. The zero-order chi connectivity index (χ0) is 45.7. The summed E-state index contributed by atoms with van der Waals surface area (Å²) in [6.07, 6.45) is 0. The second kappa shape index (κ2) is 13.8. The highest BCUT2D eigenvalue weighted by Gasteiger charge is 2.53. The first-order valence-electron chi connectivity index (χ1n) is 24.5. The van der Waals surface area contributed by atoms with Crippen LogP contribution in [0.5, 0.6) is 0 Å². The van der Waals surface area contributed by atoms with Crippen molar-refractivity contribution in [3.63, 3.8) is 0 Å². The summed E-state index contributed by atoms with van der Waals surface area (Å²) >= 11 is 0. The molecule has 0 amide bonds. The Morgan fingerprint density at radius 2 is 0.729 bits per heavy atom. The van der Waals surface area contributed by atoms with Gasteiger partial charge in [0.15, 0.2) is 0 Å². The Morgan fingerprint density at radius 3 is 1.41 bits per heavy atom. The van der Waals surface area contributed by atoms with Crippen LogP contribution in [0.2, 0.25) is 0 Å². The minimum Gasteiger partial charge on any atom is -0.310 e. The van der Waals surface area contributed by atoms with Crippen molar-refractivity contribution >= 4 is 38.9 Å². The summed E-state index contributed by atoms with van der Waals surface area (Å²) in [5.41, 5.74) is 27.0. The lowest BCUT2D eigenvalue weighted by Gasteiger charge is -2.39. The Kier molecular flexibility index (Phi) is 7.51. The molecule has 16 rings (SSSR count). The summed E-state index contributed by atoms with van der Waals surface area (Å²) in [5, 5.41) is 2.58. The maximum Gasteiger partial charge on any atom is 0.0754 e. The van der Waals surface area contributed by atoms with Crippen LogP contribution in [-0.4, -0.2) is 4.57 Å². The molecular weight excluding hydrogens is 845 g/mol. The van der Waals surface area contributed by atoms with Gasteiger partial charge in [-0.05, 0) is 144 Å². The topological polar surface area (TPSA) is 8.17 Å². The van der Waals surface area contributed by atoms with Crippen molar-refractivity contribution in [3.8, 4) is 50.2 Å². The van der Waals surface area contributed by atoms with Gasteiger partial charge in [0.05, 0.1) is 27.6 Å². The molecule has 3 aliphatic carbocycles. The van der Waals surface area contributed by atoms with E-state index in [1.807, 2.05) is 0 Å². The zero-order valence-electron chi connectivity index (χ0n) is 38.1. The number of anilines is 3. The van der Waals surface area contributed by atoms with E-state index in [2.05, 4.69) is 264 Å². The predicted molar refractivity (Wildman–Crippen MR) is 288 cm³/mol. The van der Waals surface area contributed by atoms with Gasteiger partial charge in [-0.15, -0.1) is 0 Å². The Balaban J connectivity index is 0.901. The smallest absolute Gasteiger partial charge is 0.0754 e. The largest absolute Gasteiger partial charge is 0.310 e. The van der Waals surface area contributed by atoms with Gasteiger partial charge in [-0.25, -0.2) is 0 Å². The number of fused-ring (bicyclic) bond motifs is 22. The molecule has 12 aromatic rings. The lowest BCUT2D eigenvalue weighted by atomic mass is 9.65. The van der Waals surface area contributed by atoms with Crippen LogP contribution in [0.3, 0.4) is 0 Å². The molecule has 2 heterocycles. The first-order valence-corrected chi connectivity index (χ1v) is 24.5. The monoisotopic (exact) mass is 886 g/mol. The van der Waals surface area contributed by atoms with Crippen molar-refractivity contribution in [2.75, 3.05) is 4.90 Å². The second-order valence-electron chi connectivity index (χ2n) is 19.5. The highest BCUT2D eigenvalue weighted by Crippen LogP contribution is 2.64. The zero-order valence-corrected chi connectivity index (χ0v) is 38.1. The van der Waals surface area contributed by atoms with Gasteiger partial charge in [0.2, 0.25) is 0 Å². The standard InChI is InChI=1S/C68H42N2/c1-2-19-45(20-3-1)69(47-37-39-53-51-25-6-11-30-58(51)67(63(53)42-47)56-28-9-4-22-48(56)49-23-5-10-29-57(49)67)46-21-16-18-43(40-46)44-36-38-52-50-24-7-12-31-59(50)68(62(52)41-44)60-32-13-15-35-65(60)70-64-34-14-8-26-54(64)55-27-17-33-61(68)66(55)70/h1-42H. The molecule has 1 aliphatic heterocycles. The van der Waals surface area contributed by atoms with Gasteiger partial charge in [-0.3, -0.25) is 0 Å². The van der Waals surface area contributed by atoms with E-state index in [0.717, 1.165) is 17.1 Å². The molecule has 11 aromatic carbocycles. The minimum absolute atomic E-state index is 0.437. The van der Waals surface area contributed by atoms with E-state index in [4.69, 9.17) is 0 Å². The van der Waals surface area contributed by atoms with Crippen molar-refractivity contribution in [1.82, 2.24) is 4.57 Å². The molecule has 1 atom stereocenters. The third-order valence-corrected chi connectivity index (χ3v) is 16.4. The third-order valence-electron chi connectivity index (χ3n) is 16.4. The van der Waals surface area contributed by atoms with Crippen LogP contribution in [0.15, 0.2) is 255 Å². The number of benzene rings is 11. The molecule has 1 aromatic heterocycles. The van der Waals surface area contributed by atoms with Gasteiger partial charge < -0.3 is 9.47 Å². The van der Waals surface area contributed by atoms with Crippen molar-refractivity contribution in [3.05, 3.63) is 299 Å². The molecule has 0 saturated carbocycles. The normalized spacial score (nSPS) is 15.6. The minimum atomic E-state index is -0.522. The fourth-order valence-corrected chi connectivity index (χ4v) is 13.8. The average molecular weight is 887 g/mol. The number of aromatic nitrogens is 1. The van der Waals surface area contributed by atoms with Gasteiger partial charge in [0.25, 0.3) is 0 Å². The molecule has 2 nitrogen and oxygen atoms in total. The molecule has 0 bridgehead atoms. The second-order valence-corrected chi connectivity index (χ2v) is 19.5. The quantitative estimate of drug-likeness (QED) is 0.171. The fraction of sp³-hybridized carbons (Fsp3) is 0.0294. The molecule has 2 spiro atoms. The molecule has 2 heteroatoms. The summed E-state index contributed by atoms with van der Waals surface area (Å²) in [5.74, 6) is 0. The summed E-state index contributed by atoms with van der Waals surface area (Å²) in [6.45, 7) is 0. The first-order chi connectivity index (χ1) is 34.7. The lowest BCUT2D eigenvalue weighted by Crippen LogP contribution is -2.33. The van der Waals surface area contributed by atoms with E-state index in [9.17, 15) is 0 Å². The Labute approximate surface area is 406 Å². The lowest BCUT2D eigenvalue weighted by molar-refractivity contribution is 0.749. The van der Waals surface area contributed by atoms with E-state index >= 15 is 0 Å². The molecule has 0 fully saturated rings. The van der Waals surface area contributed by atoms with Crippen LogP contribution in [-0.2, 0) is 10.8 Å². The fourth-order valence-electron chi connectivity index (χ4n) is 13.8. The van der Waals surface area contributed by atoms with Crippen LogP contribution < -0.4 is 4.90 Å². The maximum atomic E-state index is 2.52. The molecule has 70 heavy (non-hydrogen) atoms. The van der Waals surface area contributed by atoms with Crippen LogP contribution in [0.25, 0.3) is 72.0 Å². The SMILES string of the molecule is c1ccc(N(c2cccc(-c3ccc4c(c3)C3(c5ccccc5-4)c4ccccc4-n4c5ccccc5c5cccc3c54)c2)c2ccc3c(c2)C2(c4ccccc4-c4ccccc42)c2ccccc2-3)cc1. The molecule has 0 saturated heterocycles. The van der Waals surface area contributed by atoms with Crippen molar-refractivity contribution < 1.29 is 0 Å².